The number of rotatable bonds is 3. The predicted octanol–water partition coefficient (Wildman–Crippen LogP) is 2.43. The number of Topliss-reactive ketones (excluding diaryl/α,β-unsaturated/α-hetero) is 1. The highest BCUT2D eigenvalue weighted by Gasteiger charge is 2.06. The fourth-order valence-corrected chi connectivity index (χ4v) is 0.892. The molecule has 2 nitrogen and oxygen atoms in total. The van der Waals surface area contributed by atoms with Gasteiger partial charge in [-0.3, -0.25) is 4.79 Å². The predicted molar refractivity (Wildman–Crippen MR) is 42.7 cm³/mol. The van der Waals surface area contributed by atoms with Gasteiger partial charge in [0.25, 0.3) is 0 Å². The van der Waals surface area contributed by atoms with E-state index < -0.39 is 0 Å². The van der Waals surface area contributed by atoms with Gasteiger partial charge in [0.15, 0.2) is 11.5 Å². The normalized spacial score (nSPS) is 10.0. The molecule has 0 aliphatic rings. The lowest BCUT2D eigenvalue weighted by Crippen LogP contribution is -1.92. The second-order valence-electron chi connectivity index (χ2n) is 2.40. The van der Waals surface area contributed by atoms with Crippen molar-refractivity contribution in [2.45, 2.75) is 26.7 Å². The highest BCUT2D eigenvalue weighted by Crippen LogP contribution is 2.09. The summed E-state index contributed by atoms with van der Waals surface area (Å²) in [6.07, 6.45) is 1.35. The maximum Gasteiger partial charge on any atom is 0.197 e. The van der Waals surface area contributed by atoms with Crippen molar-refractivity contribution in [2.24, 2.45) is 0 Å². The summed E-state index contributed by atoms with van der Waals surface area (Å²) in [6, 6.07) is 3.59. The lowest BCUT2D eigenvalue weighted by molar-refractivity contribution is 0.0960. The molecule has 0 saturated carbocycles. The fraction of sp³-hybridized carbons (Fsp3) is 0.444. The Labute approximate surface area is 66.2 Å². The van der Waals surface area contributed by atoms with Crippen molar-refractivity contribution in [2.75, 3.05) is 0 Å². The van der Waals surface area contributed by atoms with Crippen LogP contribution in [0.2, 0.25) is 0 Å². The van der Waals surface area contributed by atoms with E-state index in [0.717, 1.165) is 12.2 Å². The molecule has 0 saturated heterocycles. The van der Waals surface area contributed by atoms with Crippen molar-refractivity contribution >= 4 is 5.78 Å². The summed E-state index contributed by atoms with van der Waals surface area (Å²) >= 11 is 0. The monoisotopic (exact) mass is 152 g/mol. The second kappa shape index (κ2) is 3.37. The first-order valence-electron chi connectivity index (χ1n) is 3.89. The molecule has 0 fully saturated rings. The molecule has 0 aliphatic heterocycles. The van der Waals surface area contributed by atoms with Crippen molar-refractivity contribution in [3.05, 3.63) is 23.7 Å². The van der Waals surface area contributed by atoms with Crippen LogP contribution < -0.4 is 0 Å². The smallest absolute Gasteiger partial charge is 0.197 e. The van der Waals surface area contributed by atoms with Gasteiger partial charge in [0.1, 0.15) is 5.76 Å². The molecule has 1 rings (SSSR count). The van der Waals surface area contributed by atoms with Crippen LogP contribution in [0.5, 0.6) is 0 Å². The van der Waals surface area contributed by atoms with E-state index >= 15 is 0 Å². The van der Waals surface area contributed by atoms with E-state index in [1.54, 1.807) is 6.07 Å². The molecule has 0 aromatic carbocycles. The van der Waals surface area contributed by atoms with Gasteiger partial charge in [-0.15, -0.1) is 0 Å². The molecule has 0 atom stereocenters. The number of hydrogen-bond donors (Lipinski definition) is 0. The third-order valence-corrected chi connectivity index (χ3v) is 1.61. The summed E-state index contributed by atoms with van der Waals surface area (Å²) < 4.78 is 5.24. The Kier molecular flexibility index (Phi) is 2.47. The fourth-order valence-electron chi connectivity index (χ4n) is 0.892. The van der Waals surface area contributed by atoms with Crippen LogP contribution in [0.15, 0.2) is 16.5 Å². The summed E-state index contributed by atoms with van der Waals surface area (Å²) in [4.78, 5) is 11.0. The molecule has 0 unspecified atom stereocenters. The Bertz CT molecular complexity index is 248. The SMILES string of the molecule is CCC(=O)c1ccc(CC)o1. The maximum atomic E-state index is 11.0. The van der Waals surface area contributed by atoms with Gasteiger partial charge < -0.3 is 4.42 Å². The Morgan fingerprint density at radius 3 is 2.64 bits per heavy atom. The largest absolute Gasteiger partial charge is 0.458 e. The zero-order chi connectivity index (χ0) is 8.27. The van der Waals surface area contributed by atoms with E-state index in [9.17, 15) is 4.79 Å². The molecular formula is C9H12O2. The number of carbonyl (C=O) groups is 1. The van der Waals surface area contributed by atoms with Crippen molar-refractivity contribution in [3.8, 4) is 0 Å². The highest BCUT2D eigenvalue weighted by molar-refractivity contribution is 5.93. The molecule has 0 radical (unpaired) electrons. The Morgan fingerprint density at radius 1 is 1.45 bits per heavy atom. The van der Waals surface area contributed by atoms with Gasteiger partial charge in [-0.25, -0.2) is 0 Å². The first-order valence-corrected chi connectivity index (χ1v) is 3.89. The van der Waals surface area contributed by atoms with Crippen LogP contribution in [0.1, 0.15) is 36.6 Å². The Hall–Kier alpha value is -1.05. The Morgan fingerprint density at radius 2 is 2.18 bits per heavy atom. The molecule has 60 valence electrons. The average Bonchev–Trinajstić information content (AvgIpc) is 2.50. The van der Waals surface area contributed by atoms with Crippen molar-refractivity contribution < 1.29 is 9.21 Å². The first-order chi connectivity index (χ1) is 5.27. The molecule has 0 aliphatic carbocycles. The molecule has 1 aromatic rings. The van der Waals surface area contributed by atoms with E-state index in [0.29, 0.717) is 12.2 Å². The van der Waals surface area contributed by atoms with E-state index in [-0.39, 0.29) is 5.78 Å². The topological polar surface area (TPSA) is 30.2 Å². The Balaban J connectivity index is 2.80. The van der Waals surface area contributed by atoms with Crippen LogP contribution in [-0.2, 0) is 6.42 Å². The minimum Gasteiger partial charge on any atom is -0.458 e. The summed E-state index contributed by atoms with van der Waals surface area (Å²) in [6.45, 7) is 3.83. The zero-order valence-corrected chi connectivity index (χ0v) is 6.89. The molecule has 0 spiro atoms. The summed E-state index contributed by atoms with van der Waals surface area (Å²) in [5.41, 5.74) is 0. The summed E-state index contributed by atoms with van der Waals surface area (Å²) in [5, 5.41) is 0. The molecular weight excluding hydrogens is 140 g/mol. The van der Waals surface area contributed by atoms with Gasteiger partial charge in [-0.05, 0) is 12.1 Å². The summed E-state index contributed by atoms with van der Waals surface area (Å²) in [5.74, 6) is 1.44. The number of carbonyl (C=O) groups excluding carboxylic acids is 1. The number of aryl methyl sites for hydroxylation is 1. The van der Waals surface area contributed by atoms with Gasteiger partial charge >= 0.3 is 0 Å². The minimum atomic E-state index is 0.0738. The van der Waals surface area contributed by atoms with E-state index in [1.165, 1.54) is 0 Å². The van der Waals surface area contributed by atoms with Gasteiger partial charge in [-0.1, -0.05) is 13.8 Å². The lowest BCUT2D eigenvalue weighted by Gasteiger charge is -1.89. The van der Waals surface area contributed by atoms with Crippen LogP contribution in [0.4, 0.5) is 0 Å². The average molecular weight is 152 g/mol. The van der Waals surface area contributed by atoms with E-state index in [1.807, 2.05) is 19.9 Å². The second-order valence-corrected chi connectivity index (χ2v) is 2.40. The molecule has 1 aromatic heterocycles. The van der Waals surface area contributed by atoms with Crippen LogP contribution >= 0.6 is 0 Å². The molecule has 0 bridgehead atoms. The van der Waals surface area contributed by atoms with Gasteiger partial charge in [-0.2, -0.15) is 0 Å². The first kappa shape index (κ1) is 8.05. The molecule has 1 heterocycles. The van der Waals surface area contributed by atoms with Crippen molar-refractivity contribution in [3.63, 3.8) is 0 Å². The van der Waals surface area contributed by atoms with Gasteiger partial charge in [0.05, 0.1) is 0 Å². The number of hydrogen-bond acceptors (Lipinski definition) is 2. The van der Waals surface area contributed by atoms with Crippen LogP contribution in [-0.4, -0.2) is 5.78 Å². The van der Waals surface area contributed by atoms with Crippen molar-refractivity contribution in [1.82, 2.24) is 0 Å². The number of ketones is 1. The maximum absolute atomic E-state index is 11.0. The zero-order valence-electron chi connectivity index (χ0n) is 6.89. The minimum absolute atomic E-state index is 0.0738. The molecule has 2 heteroatoms. The van der Waals surface area contributed by atoms with E-state index in [4.69, 9.17) is 4.42 Å². The molecule has 11 heavy (non-hydrogen) atoms. The molecule has 0 N–H and O–H groups in total. The van der Waals surface area contributed by atoms with Crippen LogP contribution in [0.3, 0.4) is 0 Å². The third kappa shape index (κ3) is 1.70. The third-order valence-electron chi connectivity index (χ3n) is 1.61. The lowest BCUT2D eigenvalue weighted by atomic mass is 10.2. The van der Waals surface area contributed by atoms with Gasteiger partial charge in [0, 0.05) is 12.8 Å². The summed E-state index contributed by atoms with van der Waals surface area (Å²) in [7, 11) is 0. The van der Waals surface area contributed by atoms with Gasteiger partial charge in [0.2, 0.25) is 0 Å². The van der Waals surface area contributed by atoms with E-state index in [2.05, 4.69) is 0 Å². The van der Waals surface area contributed by atoms with Crippen LogP contribution in [0.25, 0.3) is 0 Å². The van der Waals surface area contributed by atoms with Crippen molar-refractivity contribution in [1.29, 1.82) is 0 Å². The number of furan rings is 1. The quantitative estimate of drug-likeness (QED) is 0.622. The molecule has 0 amide bonds. The standard InChI is InChI=1S/C9H12O2/c1-3-7-5-6-9(11-7)8(10)4-2/h5-6H,3-4H2,1-2H3. The highest BCUT2D eigenvalue weighted by atomic mass is 16.3. The van der Waals surface area contributed by atoms with Crippen LogP contribution in [0, 0.1) is 0 Å².